The summed E-state index contributed by atoms with van der Waals surface area (Å²) in [7, 11) is 0. The van der Waals surface area contributed by atoms with Gasteiger partial charge in [-0.2, -0.15) is 0 Å². The van der Waals surface area contributed by atoms with E-state index in [2.05, 4.69) is 10.3 Å². The lowest BCUT2D eigenvalue weighted by Gasteiger charge is -2.20. The van der Waals surface area contributed by atoms with Crippen LogP contribution >= 0.6 is 0 Å². The van der Waals surface area contributed by atoms with Crippen molar-refractivity contribution >= 4 is 17.5 Å². The lowest BCUT2D eigenvalue weighted by Crippen LogP contribution is -2.42. The Morgan fingerprint density at radius 1 is 1.44 bits per heavy atom. The molecule has 1 rings (SSSR count). The highest BCUT2D eigenvalue weighted by Crippen LogP contribution is 2.14. The van der Waals surface area contributed by atoms with E-state index in [9.17, 15) is 9.59 Å². The van der Waals surface area contributed by atoms with Crippen molar-refractivity contribution in [3.63, 3.8) is 0 Å². The fraction of sp³-hybridized carbons (Fsp3) is 0.417. The first-order valence-electron chi connectivity index (χ1n) is 5.54. The van der Waals surface area contributed by atoms with Crippen LogP contribution in [0.25, 0.3) is 0 Å². The maximum atomic E-state index is 11.9. The number of nitrogens with zero attached hydrogens (tertiary/aromatic N) is 1. The minimum absolute atomic E-state index is 0.147. The molecular formula is C12H18N4O2. The highest BCUT2D eigenvalue weighted by molar-refractivity contribution is 5.99. The van der Waals surface area contributed by atoms with Gasteiger partial charge in [-0.05, 0) is 26.8 Å². The summed E-state index contributed by atoms with van der Waals surface area (Å²) < 4.78 is 0. The van der Waals surface area contributed by atoms with Crippen molar-refractivity contribution < 1.29 is 9.59 Å². The van der Waals surface area contributed by atoms with Crippen molar-refractivity contribution in [1.82, 2.24) is 10.3 Å². The first kappa shape index (κ1) is 14.0. The third-order valence-electron chi connectivity index (χ3n) is 2.68. The molecule has 0 unspecified atom stereocenters. The molecule has 5 N–H and O–H groups in total. The number of nitrogens with two attached hydrogens (primary N) is 2. The van der Waals surface area contributed by atoms with Crippen LogP contribution in [0.1, 0.15) is 29.9 Å². The van der Waals surface area contributed by atoms with Gasteiger partial charge in [0.1, 0.15) is 0 Å². The van der Waals surface area contributed by atoms with Crippen LogP contribution < -0.4 is 16.8 Å². The first-order chi connectivity index (χ1) is 8.24. The van der Waals surface area contributed by atoms with Gasteiger partial charge in [-0.3, -0.25) is 14.6 Å². The Balaban J connectivity index is 2.75. The Labute approximate surface area is 106 Å². The number of hydrogen-bond donors (Lipinski definition) is 3. The molecule has 0 spiro atoms. The molecule has 0 aromatic carbocycles. The van der Waals surface area contributed by atoms with Gasteiger partial charge in [0, 0.05) is 24.1 Å². The van der Waals surface area contributed by atoms with Gasteiger partial charge in [0.25, 0.3) is 5.91 Å². The van der Waals surface area contributed by atoms with Gasteiger partial charge >= 0.3 is 0 Å². The molecule has 0 radical (unpaired) electrons. The normalized spacial score (nSPS) is 11.1. The number of carbonyl (C=O) groups is 2. The van der Waals surface area contributed by atoms with E-state index < -0.39 is 11.3 Å². The number of aryl methyl sites for hydroxylation is 1. The van der Waals surface area contributed by atoms with Crippen LogP contribution in [-0.4, -0.2) is 23.3 Å². The molecule has 0 saturated carbocycles. The van der Waals surface area contributed by atoms with Crippen LogP contribution in [-0.2, 0) is 4.79 Å². The fourth-order valence-corrected chi connectivity index (χ4v) is 1.25. The zero-order valence-corrected chi connectivity index (χ0v) is 10.8. The maximum absolute atomic E-state index is 11.9. The molecule has 6 nitrogen and oxygen atoms in total. The van der Waals surface area contributed by atoms with Crippen LogP contribution in [0, 0.1) is 12.3 Å². The number of primary amides is 1. The number of aromatic nitrogens is 1. The second kappa shape index (κ2) is 5.03. The third-order valence-corrected chi connectivity index (χ3v) is 2.68. The second-order valence-electron chi connectivity index (χ2n) is 4.84. The molecule has 0 atom stereocenters. The number of pyridine rings is 1. The summed E-state index contributed by atoms with van der Waals surface area (Å²) in [6.07, 6.45) is 1.41. The van der Waals surface area contributed by atoms with Crippen molar-refractivity contribution in [2.45, 2.75) is 20.8 Å². The quantitative estimate of drug-likeness (QED) is 0.709. The van der Waals surface area contributed by atoms with Crippen LogP contribution in [0.3, 0.4) is 0 Å². The number of hydrogen-bond acceptors (Lipinski definition) is 4. The Bertz CT molecular complexity index is 483. The topological polar surface area (TPSA) is 111 Å². The summed E-state index contributed by atoms with van der Waals surface area (Å²) in [5.74, 6) is -0.841. The van der Waals surface area contributed by atoms with Gasteiger partial charge in [0.05, 0.1) is 11.0 Å². The van der Waals surface area contributed by atoms with E-state index >= 15 is 0 Å². The molecule has 0 aliphatic rings. The Morgan fingerprint density at radius 2 is 2.06 bits per heavy atom. The van der Waals surface area contributed by atoms with E-state index in [-0.39, 0.29) is 12.5 Å². The van der Waals surface area contributed by atoms with Crippen molar-refractivity contribution in [2.75, 3.05) is 12.3 Å². The zero-order valence-electron chi connectivity index (χ0n) is 10.8. The van der Waals surface area contributed by atoms with Crippen LogP contribution in [0.4, 0.5) is 5.69 Å². The molecule has 1 aromatic rings. The molecule has 18 heavy (non-hydrogen) atoms. The zero-order chi connectivity index (χ0) is 13.9. The van der Waals surface area contributed by atoms with Crippen LogP contribution in [0.15, 0.2) is 12.3 Å². The number of carbonyl (C=O) groups excluding carboxylic acids is 2. The predicted octanol–water partition coefficient (Wildman–Crippen LogP) is 0.214. The average molecular weight is 250 g/mol. The molecule has 2 amide bonds. The van der Waals surface area contributed by atoms with E-state index in [1.165, 1.54) is 6.20 Å². The molecule has 6 heteroatoms. The lowest BCUT2D eigenvalue weighted by atomic mass is 9.92. The number of amides is 2. The van der Waals surface area contributed by atoms with Gasteiger partial charge in [0.15, 0.2) is 0 Å². The minimum atomic E-state index is -0.803. The van der Waals surface area contributed by atoms with Gasteiger partial charge in [-0.15, -0.1) is 0 Å². The van der Waals surface area contributed by atoms with Crippen molar-refractivity contribution in [1.29, 1.82) is 0 Å². The summed E-state index contributed by atoms with van der Waals surface area (Å²) in [5.41, 5.74) is 11.5. The Kier molecular flexibility index (Phi) is 3.90. The molecular weight excluding hydrogens is 232 g/mol. The third kappa shape index (κ3) is 3.19. The molecule has 0 fully saturated rings. The molecule has 98 valence electrons. The summed E-state index contributed by atoms with van der Waals surface area (Å²) in [4.78, 5) is 27.0. The molecule has 1 heterocycles. The number of nitrogens with one attached hydrogen (secondary N) is 1. The predicted molar refractivity (Wildman–Crippen MR) is 68.7 cm³/mol. The second-order valence-corrected chi connectivity index (χ2v) is 4.84. The lowest BCUT2D eigenvalue weighted by molar-refractivity contribution is -0.125. The summed E-state index contributed by atoms with van der Waals surface area (Å²) >= 11 is 0. The van der Waals surface area contributed by atoms with Crippen molar-refractivity contribution in [3.05, 3.63) is 23.5 Å². The highest BCUT2D eigenvalue weighted by atomic mass is 16.2. The van der Waals surface area contributed by atoms with E-state index in [0.29, 0.717) is 11.3 Å². The van der Waals surface area contributed by atoms with E-state index in [0.717, 1.165) is 5.69 Å². The van der Waals surface area contributed by atoms with Crippen LogP contribution in [0.2, 0.25) is 0 Å². The summed E-state index contributed by atoms with van der Waals surface area (Å²) in [5, 5.41) is 2.62. The number of nitrogen functional groups attached to an aromatic ring is 1. The highest BCUT2D eigenvalue weighted by Gasteiger charge is 2.25. The molecule has 0 aliphatic carbocycles. The van der Waals surface area contributed by atoms with E-state index in [1.807, 2.05) is 0 Å². The smallest absolute Gasteiger partial charge is 0.254 e. The molecule has 0 aliphatic heterocycles. The van der Waals surface area contributed by atoms with E-state index in [4.69, 9.17) is 11.5 Å². The van der Waals surface area contributed by atoms with Crippen molar-refractivity contribution in [3.8, 4) is 0 Å². The molecule has 0 bridgehead atoms. The SMILES string of the molecule is Cc1cc(N)c(C(=O)NCC(C)(C)C(N)=O)cn1. The number of anilines is 1. The first-order valence-corrected chi connectivity index (χ1v) is 5.54. The van der Waals surface area contributed by atoms with E-state index in [1.54, 1.807) is 26.8 Å². The standard InChI is InChI=1S/C12H18N4O2/c1-7-4-9(13)8(5-15-7)10(17)16-6-12(2,3)11(14)18/h4-5H,6H2,1-3H3,(H2,13,15)(H2,14,18)(H,16,17). The largest absolute Gasteiger partial charge is 0.398 e. The monoisotopic (exact) mass is 250 g/mol. The maximum Gasteiger partial charge on any atom is 0.254 e. The Morgan fingerprint density at radius 3 is 2.56 bits per heavy atom. The summed E-state index contributed by atoms with van der Waals surface area (Å²) in [6, 6.07) is 1.62. The molecule has 0 saturated heterocycles. The number of rotatable bonds is 4. The average Bonchev–Trinajstić information content (AvgIpc) is 2.25. The minimum Gasteiger partial charge on any atom is -0.398 e. The fourth-order valence-electron chi connectivity index (χ4n) is 1.25. The van der Waals surface area contributed by atoms with Gasteiger partial charge in [-0.1, -0.05) is 0 Å². The van der Waals surface area contributed by atoms with Crippen LogP contribution in [0.5, 0.6) is 0 Å². The summed E-state index contributed by atoms with van der Waals surface area (Å²) in [6.45, 7) is 5.25. The van der Waals surface area contributed by atoms with Gasteiger partial charge < -0.3 is 16.8 Å². The molecule has 1 aromatic heterocycles. The van der Waals surface area contributed by atoms with Gasteiger partial charge in [-0.25, -0.2) is 0 Å². The van der Waals surface area contributed by atoms with Crippen molar-refractivity contribution in [2.24, 2.45) is 11.1 Å². The van der Waals surface area contributed by atoms with Gasteiger partial charge in [0.2, 0.25) is 5.91 Å². The Hall–Kier alpha value is -2.11.